The summed E-state index contributed by atoms with van der Waals surface area (Å²) >= 11 is 0. The molecule has 0 fully saturated rings. The van der Waals surface area contributed by atoms with Gasteiger partial charge in [-0.1, -0.05) is 0 Å². The topological polar surface area (TPSA) is 48.3 Å². The van der Waals surface area contributed by atoms with Crippen LogP contribution in [0.5, 0.6) is 11.5 Å². The second kappa shape index (κ2) is 6.40. The molecule has 3 rings (SSSR count). The molecule has 0 bridgehead atoms. The van der Waals surface area contributed by atoms with Gasteiger partial charge in [-0.3, -0.25) is 4.68 Å². The lowest BCUT2D eigenvalue weighted by atomic mass is 10.1. The predicted molar refractivity (Wildman–Crippen MR) is 85.3 cm³/mol. The van der Waals surface area contributed by atoms with Gasteiger partial charge in [0.1, 0.15) is 17.6 Å². The van der Waals surface area contributed by atoms with E-state index in [0.717, 1.165) is 36.6 Å². The Morgan fingerprint density at radius 3 is 3.09 bits per heavy atom. The maximum atomic E-state index is 5.84. The number of nitrogens with zero attached hydrogens (tertiary/aromatic N) is 2. The monoisotopic (exact) mass is 301 g/mol. The first-order chi connectivity index (χ1) is 10.7. The van der Waals surface area contributed by atoms with Crippen molar-refractivity contribution in [3.63, 3.8) is 0 Å². The lowest BCUT2D eigenvalue weighted by molar-refractivity contribution is 0.254. The van der Waals surface area contributed by atoms with E-state index < -0.39 is 0 Å². The summed E-state index contributed by atoms with van der Waals surface area (Å²) in [6.07, 6.45) is 4.98. The first kappa shape index (κ1) is 14.9. The van der Waals surface area contributed by atoms with Crippen molar-refractivity contribution in [2.75, 3.05) is 7.11 Å². The summed E-state index contributed by atoms with van der Waals surface area (Å²) in [6.45, 7) is 5.83. The Hall–Kier alpha value is -2.01. The van der Waals surface area contributed by atoms with Crippen LogP contribution in [-0.2, 0) is 19.5 Å². The third-order valence-corrected chi connectivity index (χ3v) is 3.96. The van der Waals surface area contributed by atoms with Gasteiger partial charge in [0, 0.05) is 42.5 Å². The van der Waals surface area contributed by atoms with Crippen LogP contribution in [0.25, 0.3) is 0 Å². The Morgan fingerprint density at radius 2 is 2.36 bits per heavy atom. The van der Waals surface area contributed by atoms with Crippen molar-refractivity contribution in [1.29, 1.82) is 0 Å². The fourth-order valence-corrected chi connectivity index (χ4v) is 2.85. The van der Waals surface area contributed by atoms with Gasteiger partial charge < -0.3 is 14.8 Å². The molecule has 118 valence electrons. The molecule has 0 radical (unpaired) electrons. The van der Waals surface area contributed by atoms with Crippen LogP contribution in [0.15, 0.2) is 30.6 Å². The van der Waals surface area contributed by atoms with Crippen LogP contribution >= 0.6 is 0 Å². The average Bonchev–Trinajstić information content (AvgIpc) is 3.11. The zero-order chi connectivity index (χ0) is 15.5. The SMILES string of the molecule is COc1cc2c(cc1CNC(C)Cn1cccn1)OC(C)C2. The summed E-state index contributed by atoms with van der Waals surface area (Å²) in [7, 11) is 1.72. The molecule has 0 saturated heterocycles. The van der Waals surface area contributed by atoms with Crippen molar-refractivity contribution < 1.29 is 9.47 Å². The van der Waals surface area contributed by atoms with Crippen LogP contribution in [0.3, 0.4) is 0 Å². The average molecular weight is 301 g/mol. The van der Waals surface area contributed by atoms with E-state index in [1.165, 1.54) is 5.56 Å². The molecule has 1 aliphatic heterocycles. The zero-order valence-electron chi connectivity index (χ0n) is 13.4. The van der Waals surface area contributed by atoms with E-state index in [-0.39, 0.29) is 6.10 Å². The largest absolute Gasteiger partial charge is 0.496 e. The van der Waals surface area contributed by atoms with E-state index in [0.29, 0.717) is 6.04 Å². The molecule has 2 unspecified atom stereocenters. The van der Waals surface area contributed by atoms with E-state index in [4.69, 9.17) is 9.47 Å². The lowest BCUT2D eigenvalue weighted by Gasteiger charge is -2.16. The Morgan fingerprint density at radius 1 is 1.50 bits per heavy atom. The van der Waals surface area contributed by atoms with E-state index in [9.17, 15) is 0 Å². The fraction of sp³-hybridized carbons (Fsp3) is 0.471. The maximum Gasteiger partial charge on any atom is 0.123 e. The molecule has 0 spiro atoms. The highest BCUT2D eigenvalue weighted by atomic mass is 16.5. The van der Waals surface area contributed by atoms with Crippen molar-refractivity contribution in [2.24, 2.45) is 0 Å². The maximum absolute atomic E-state index is 5.84. The molecule has 1 N–H and O–H groups in total. The summed E-state index contributed by atoms with van der Waals surface area (Å²) in [5.74, 6) is 1.92. The van der Waals surface area contributed by atoms with Gasteiger partial charge in [-0.15, -0.1) is 0 Å². The van der Waals surface area contributed by atoms with E-state index >= 15 is 0 Å². The molecule has 1 aromatic heterocycles. The number of methoxy groups -OCH3 is 1. The Kier molecular flexibility index (Phi) is 4.34. The molecule has 22 heavy (non-hydrogen) atoms. The van der Waals surface area contributed by atoms with Crippen molar-refractivity contribution in [1.82, 2.24) is 15.1 Å². The minimum Gasteiger partial charge on any atom is -0.496 e. The summed E-state index contributed by atoms with van der Waals surface area (Å²) in [4.78, 5) is 0. The van der Waals surface area contributed by atoms with Crippen LogP contribution in [0.1, 0.15) is 25.0 Å². The van der Waals surface area contributed by atoms with Gasteiger partial charge in [0.15, 0.2) is 0 Å². The molecule has 5 heteroatoms. The number of aromatic nitrogens is 2. The summed E-state index contributed by atoms with van der Waals surface area (Å²) < 4.78 is 13.3. The molecular weight excluding hydrogens is 278 g/mol. The second-order valence-corrected chi connectivity index (χ2v) is 5.91. The molecule has 0 saturated carbocycles. The number of fused-ring (bicyclic) bond motifs is 1. The number of benzene rings is 1. The Bertz CT molecular complexity index is 625. The molecule has 0 amide bonds. The zero-order valence-corrected chi connectivity index (χ0v) is 13.4. The van der Waals surface area contributed by atoms with Crippen molar-refractivity contribution in [3.05, 3.63) is 41.7 Å². The smallest absolute Gasteiger partial charge is 0.123 e. The van der Waals surface area contributed by atoms with Gasteiger partial charge in [-0.25, -0.2) is 0 Å². The van der Waals surface area contributed by atoms with Gasteiger partial charge in [0.2, 0.25) is 0 Å². The van der Waals surface area contributed by atoms with Gasteiger partial charge in [-0.05, 0) is 32.0 Å². The van der Waals surface area contributed by atoms with Gasteiger partial charge in [0.05, 0.1) is 13.7 Å². The molecule has 1 aromatic carbocycles. The second-order valence-electron chi connectivity index (χ2n) is 5.91. The summed E-state index contributed by atoms with van der Waals surface area (Å²) in [5.41, 5.74) is 2.36. The van der Waals surface area contributed by atoms with Crippen LogP contribution in [-0.4, -0.2) is 29.0 Å². The van der Waals surface area contributed by atoms with E-state index in [1.54, 1.807) is 13.3 Å². The highest BCUT2D eigenvalue weighted by Crippen LogP contribution is 2.34. The fourth-order valence-electron chi connectivity index (χ4n) is 2.85. The van der Waals surface area contributed by atoms with E-state index in [2.05, 4.69) is 36.4 Å². The predicted octanol–water partition coefficient (Wildman–Crippen LogP) is 2.39. The standard InChI is InChI=1S/C17H23N3O2/c1-12(11-20-6-4-5-19-20)18-10-15-9-17-14(7-13(2)22-17)8-16(15)21-3/h4-6,8-9,12-13,18H,7,10-11H2,1-3H3. The number of rotatable bonds is 6. The summed E-state index contributed by atoms with van der Waals surface area (Å²) in [5, 5.41) is 7.75. The summed E-state index contributed by atoms with van der Waals surface area (Å²) in [6, 6.07) is 6.46. The Labute approximate surface area is 131 Å². The number of nitrogens with one attached hydrogen (secondary N) is 1. The van der Waals surface area contributed by atoms with Crippen LogP contribution in [0.2, 0.25) is 0 Å². The van der Waals surface area contributed by atoms with Crippen LogP contribution in [0.4, 0.5) is 0 Å². The number of hydrogen-bond acceptors (Lipinski definition) is 4. The first-order valence-corrected chi connectivity index (χ1v) is 7.73. The minimum absolute atomic E-state index is 0.252. The Balaban J connectivity index is 1.66. The first-order valence-electron chi connectivity index (χ1n) is 7.73. The molecule has 1 aliphatic rings. The minimum atomic E-state index is 0.252. The normalized spacial score (nSPS) is 17.9. The van der Waals surface area contributed by atoms with Crippen LogP contribution < -0.4 is 14.8 Å². The molecule has 5 nitrogen and oxygen atoms in total. The van der Waals surface area contributed by atoms with E-state index in [1.807, 2.05) is 16.9 Å². The highest BCUT2D eigenvalue weighted by molar-refractivity contribution is 5.48. The highest BCUT2D eigenvalue weighted by Gasteiger charge is 2.21. The molecule has 2 atom stereocenters. The van der Waals surface area contributed by atoms with Gasteiger partial charge in [-0.2, -0.15) is 5.10 Å². The number of hydrogen-bond donors (Lipinski definition) is 1. The van der Waals surface area contributed by atoms with Crippen molar-refractivity contribution >= 4 is 0 Å². The molecule has 0 aliphatic carbocycles. The third-order valence-electron chi connectivity index (χ3n) is 3.96. The van der Waals surface area contributed by atoms with Gasteiger partial charge in [0.25, 0.3) is 0 Å². The number of ether oxygens (including phenoxy) is 2. The van der Waals surface area contributed by atoms with Crippen LogP contribution in [0, 0.1) is 0 Å². The molecule has 2 heterocycles. The third kappa shape index (κ3) is 3.25. The lowest BCUT2D eigenvalue weighted by Crippen LogP contribution is -2.30. The van der Waals surface area contributed by atoms with Crippen molar-refractivity contribution in [3.8, 4) is 11.5 Å². The van der Waals surface area contributed by atoms with Gasteiger partial charge >= 0.3 is 0 Å². The molecular formula is C17H23N3O2. The van der Waals surface area contributed by atoms with Crippen molar-refractivity contribution in [2.45, 2.75) is 45.5 Å². The quantitative estimate of drug-likeness (QED) is 0.890. The molecule has 2 aromatic rings.